The average molecular weight is 306 g/mol. The molecule has 0 amide bonds. The predicted molar refractivity (Wildman–Crippen MR) is 95.3 cm³/mol. The molecule has 4 rings (SSSR count). The van der Waals surface area contributed by atoms with E-state index in [0.29, 0.717) is 0 Å². The highest BCUT2D eigenvalue weighted by Crippen LogP contribution is 2.40. The molecule has 1 nitrogen and oxygen atoms in total. The van der Waals surface area contributed by atoms with E-state index in [4.69, 9.17) is 0 Å². The van der Waals surface area contributed by atoms with E-state index in [0.717, 1.165) is 11.8 Å². The van der Waals surface area contributed by atoms with E-state index < -0.39 is 0 Å². The summed E-state index contributed by atoms with van der Waals surface area (Å²) in [4.78, 5) is 0. The Labute approximate surface area is 140 Å². The van der Waals surface area contributed by atoms with Crippen molar-refractivity contribution in [2.24, 2.45) is 18.9 Å². The maximum absolute atomic E-state index is 2.49. The molecule has 23 heavy (non-hydrogen) atoms. The Hall–Kier alpha value is -1.63. The smallest absolute Gasteiger partial charge is 0.201 e. The lowest BCUT2D eigenvalue weighted by Crippen LogP contribution is -2.30. The highest BCUT2D eigenvalue weighted by Gasteiger charge is 2.30. The van der Waals surface area contributed by atoms with E-state index in [-0.39, 0.29) is 0 Å². The van der Waals surface area contributed by atoms with Crippen LogP contribution in [-0.2, 0) is 19.9 Å². The molecule has 1 fully saturated rings. The topological polar surface area (TPSA) is 3.88 Å². The van der Waals surface area contributed by atoms with Gasteiger partial charge in [0.25, 0.3) is 0 Å². The molecule has 1 unspecified atom stereocenters. The fraction of sp³-hybridized carbons (Fsp3) is 0.500. The van der Waals surface area contributed by atoms with Crippen LogP contribution in [0.2, 0.25) is 0 Å². The third-order valence-electron chi connectivity index (χ3n) is 6.16. The molecule has 0 saturated heterocycles. The monoisotopic (exact) mass is 306 g/mol. The van der Waals surface area contributed by atoms with Gasteiger partial charge in [-0.05, 0) is 60.4 Å². The quantitative estimate of drug-likeness (QED) is 0.703. The lowest BCUT2D eigenvalue weighted by atomic mass is 9.79. The number of aryl methyl sites for hydroxylation is 2. The average Bonchev–Trinajstić information content (AvgIpc) is 2.98. The summed E-state index contributed by atoms with van der Waals surface area (Å²) >= 11 is 0. The van der Waals surface area contributed by atoms with Crippen LogP contribution in [0.5, 0.6) is 0 Å². The van der Waals surface area contributed by atoms with Crippen molar-refractivity contribution >= 4 is 0 Å². The number of hydrogen-bond acceptors (Lipinski definition) is 0. The van der Waals surface area contributed by atoms with E-state index in [2.05, 4.69) is 55.1 Å². The van der Waals surface area contributed by atoms with Crippen molar-refractivity contribution in [3.05, 3.63) is 53.2 Å². The Morgan fingerprint density at radius 3 is 2.39 bits per heavy atom. The normalized spacial score (nSPS) is 21.4. The molecule has 1 saturated carbocycles. The first-order chi connectivity index (χ1) is 11.2. The molecular weight excluding hydrogens is 278 g/mol. The van der Waals surface area contributed by atoms with E-state index >= 15 is 0 Å². The van der Waals surface area contributed by atoms with Gasteiger partial charge in [-0.1, -0.05) is 38.2 Å². The van der Waals surface area contributed by atoms with Crippen molar-refractivity contribution in [1.82, 2.24) is 0 Å². The zero-order chi connectivity index (χ0) is 15.8. The van der Waals surface area contributed by atoms with Crippen molar-refractivity contribution in [1.29, 1.82) is 0 Å². The van der Waals surface area contributed by atoms with E-state index in [1.54, 1.807) is 11.1 Å². The van der Waals surface area contributed by atoms with Gasteiger partial charge in [0.1, 0.15) is 7.05 Å². The van der Waals surface area contributed by atoms with Gasteiger partial charge in [0.05, 0.1) is 0 Å². The Morgan fingerprint density at radius 2 is 1.65 bits per heavy atom. The SMILES string of the molecule is Cc1cc2c(cc1-c1cccc[n+]1C)CC(C1CCCCC1)C2. The molecular formula is C22H28N+. The predicted octanol–water partition coefficient (Wildman–Crippen LogP) is 4.78. The molecule has 0 spiro atoms. The van der Waals surface area contributed by atoms with Gasteiger partial charge < -0.3 is 0 Å². The summed E-state index contributed by atoms with van der Waals surface area (Å²) in [7, 11) is 2.15. The molecule has 1 aromatic heterocycles. The summed E-state index contributed by atoms with van der Waals surface area (Å²) in [6.45, 7) is 2.27. The molecule has 1 heterocycles. The Kier molecular flexibility index (Phi) is 3.97. The first-order valence-electron chi connectivity index (χ1n) is 9.30. The van der Waals surface area contributed by atoms with Crippen LogP contribution in [0, 0.1) is 18.8 Å². The highest BCUT2D eigenvalue weighted by molar-refractivity contribution is 5.64. The molecule has 0 radical (unpaired) electrons. The summed E-state index contributed by atoms with van der Waals surface area (Å²) in [6, 6.07) is 11.4. The van der Waals surface area contributed by atoms with Crippen LogP contribution in [-0.4, -0.2) is 0 Å². The van der Waals surface area contributed by atoms with Gasteiger partial charge in [0.15, 0.2) is 6.20 Å². The van der Waals surface area contributed by atoms with Crippen molar-refractivity contribution < 1.29 is 4.57 Å². The van der Waals surface area contributed by atoms with Gasteiger partial charge in [0.2, 0.25) is 5.69 Å². The summed E-state index contributed by atoms with van der Waals surface area (Å²) in [5.74, 6) is 1.89. The standard InChI is InChI=1S/C22H28N/c1-16-12-18-13-19(17-8-4-3-5-9-17)14-20(18)15-21(16)22-10-6-7-11-23(22)2/h6-7,10-12,15,17,19H,3-5,8-9,13-14H2,1-2H3/q+1. The van der Waals surface area contributed by atoms with Crippen LogP contribution < -0.4 is 4.57 Å². The number of fused-ring (bicyclic) bond motifs is 1. The molecule has 0 aliphatic heterocycles. The van der Waals surface area contributed by atoms with Crippen molar-refractivity contribution in [3.8, 4) is 11.3 Å². The molecule has 1 atom stereocenters. The van der Waals surface area contributed by atoms with Gasteiger partial charge >= 0.3 is 0 Å². The number of benzene rings is 1. The molecule has 120 valence electrons. The van der Waals surface area contributed by atoms with Crippen LogP contribution in [0.4, 0.5) is 0 Å². The maximum atomic E-state index is 2.49. The third-order valence-corrected chi connectivity index (χ3v) is 6.16. The second-order valence-corrected chi connectivity index (χ2v) is 7.70. The molecule has 2 aliphatic rings. The lowest BCUT2D eigenvalue weighted by Gasteiger charge is -2.27. The summed E-state index contributed by atoms with van der Waals surface area (Å²) in [5, 5.41) is 0. The third kappa shape index (κ3) is 2.82. The summed E-state index contributed by atoms with van der Waals surface area (Å²) in [5.41, 5.74) is 7.41. The molecule has 2 aliphatic carbocycles. The van der Waals surface area contributed by atoms with E-state index in [9.17, 15) is 0 Å². The largest absolute Gasteiger partial charge is 0.212 e. The zero-order valence-electron chi connectivity index (χ0n) is 14.5. The van der Waals surface area contributed by atoms with Crippen LogP contribution in [0.1, 0.15) is 48.8 Å². The van der Waals surface area contributed by atoms with Gasteiger partial charge in [-0.3, -0.25) is 0 Å². The Bertz CT molecular complexity index is 710. The first-order valence-corrected chi connectivity index (χ1v) is 9.30. The first kappa shape index (κ1) is 14.9. The Morgan fingerprint density at radius 1 is 0.913 bits per heavy atom. The van der Waals surface area contributed by atoms with Crippen LogP contribution in [0.3, 0.4) is 0 Å². The fourth-order valence-corrected chi connectivity index (χ4v) is 4.85. The van der Waals surface area contributed by atoms with Crippen molar-refractivity contribution in [3.63, 3.8) is 0 Å². The molecule has 2 aromatic rings. The minimum atomic E-state index is 0.907. The second-order valence-electron chi connectivity index (χ2n) is 7.70. The van der Waals surface area contributed by atoms with Crippen molar-refractivity contribution in [2.45, 2.75) is 51.9 Å². The molecule has 1 aromatic carbocycles. The fourth-order valence-electron chi connectivity index (χ4n) is 4.85. The van der Waals surface area contributed by atoms with Crippen molar-refractivity contribution in [2.75, 3.05) is 0 Å². The summed E-state index contributed by atoms with van der Waals surface area (Å²) < 4.78 is 2.24. The van der Waals surface area contributed by atoms with Gasteiger partial charge in [-0.15, -0.1) is 0 Å². The second kappa shape index (κ2) is 6.11. The minimum Gasteiger partial charge on any atom is -0.201 e. The Balaban J connectivity index is 1.64. The lowest BCUT2D eigenvalue weighted by molar-refractivity contribution is -0.660. The summed E-state index contributed by atoms with van der Waals surface area (Å²) in [6.07, 6.45) is 12.1. The molecule has 1 heteroatoms. The van der Waals surface area contributed by atoms with Gasteiger partial charge in [-0.25, -0.2) is 4.57 Å². The number of hydrogen-bond donors (Lipinski definition) is 0. The number of pyridine rings is 1. The minimum absolute atomic E-state index is 0.907. The van der Waals surface area contributed by atoms with Gasteiger partial charge in [-0.2, -0.15) is 0 Å². The molecule has 0 N–H and O–H groups in total. The zero-order valence-corrected chi connectivity index (χ0v) is 14.5. The molecule has 0 bridgehead atoms. The van der Waals surface area contributed by atoms with Gasteiger partial charge in [0, 0.05) is 17.7 Å². The van der Waals surface area contributed by atoms with Crippen LogP contribution >= 0.6 is 0 Å². The highest BCUT2D eigenvalue weighted by atomic mass is 14.9. The van der Waals surface area contributed by atoms with Crippen LogP contribution in [0.15, 0.2) is 36.5 Å². The number of nitrogens with zero attached hydrogens (tertiary/aromatic N) is 1. The number of aromatic nitrogens is 1. The number of rotatable bonds is 2. The van der Waals surface area contributed by atoms with E-state index in [1.807, 2.05) is 0 Å². The van der Waals surface area contributed by atoms with E-state index in [1.165, 1.54) is 61.8 Å². The maximum Gasteiger partial charge on any atom is 0.212 e. The van der Waals surface area contributed by atoms with Crippen LogP contribution in [0.25, 0.3) is 11.3 Å².